The highest BCUT2D eigenvalue weighted by molar-refractivity contribution is 7.22. The molecular formula is C22H21ClN4O3S. The molecule has 1 aromatic heterocycles. The van der Waals surface area contributed by atoms with Crippen LogP contribution in [0.3, 0.4) is 0 Å². The molecule has 1 N–H and O–H groups in total. The molecule has 0 saturated carbocycles. The molecule has 5 rings (SSSR count). The molecule has 0 aliphatic carbocycles. The van der Waals surface area contributed by atoms with Crippen LogP contribution in [0.25, 0.3) is 10.2 Å². The van der Waals surface area contributed by atoms with E-state index in [4.69, 9.17) is 21.3 Å². The number of carbonyl (C=O) groups excluding carboxylic acids is 2. The molecule has 0 atom stereocenters. The molecule has 2 aliphatic heterocycles. The summed E-state index contributed by atoms with van der Waals surface area (Å²) < 4.78 is 6.42. The lowest BCUT2D eigenvalue weighted by Crippen LogP contribution is -2.36. The second-order valence-electron chi connectivity index (χ2n) is 7.54. The number of hydrogen-bond donors (Lipinski definition) is 1. The minimum absolute atomic E-state index is 0.0121. The summed E-state index contributed by atoms with van der Waals surface area (Å²) in [6, 6.07) is 10.7. The van der Waals surface area contributed by atoms with E-state index in [0.29, 0.717) is 48.1 Å². The Labute approximate surface area is 188 Å². The topological polar surface area (TPSA) is 74.8 Å². The summed E-state index contributed by atoms with van der Waals surface area (Å²) in [7, 11) is 0. The SMILES string of the molecule is O=C(Nc1ccc2nc(N3CCOCC3)sc2c1)c1ccc(Cl)cc1N1CCCC1=O. The molecule has 3 aromatic rings. The van der Waals surface area contributed by atoms with Crippen LogP contribution < -0.4 is 15.1 Å². The molecule has 2 aromatic carbocycles. The first-order chi connectivity index (χ1) is 15.1. The van der Waals surface area contributed by atoms with Crippen molar-refractivity contribution in [2.75, 3.05) is 48.0 Å². The minimum atomic E-state index is -0.274. The summed E-state index contributed by atoms with van der Waals surface area (Å²) in [5.41, 5.74) is 2.57. The number of hydrogen-bond acceptors (Lipinski definition) is 6. The Bertz CT molecular complexity index is 1160. The Morgan fingerprint density at radius 1 is 1.13 bits per heavy atom. The summed E-state index contributed by atoms with van der Waals surface area (Å²) in [5, 5.41) is 4.42. The van der Waals surface area contributed by atoms with Crippen LogP contribution in [0, 0.1) is 0 Å². The monoisotopic (exact) mass is 456 g/mol. The number of benzene rings is 2. The molecule has 0 spiro atoms. The van der Waals surface area contributed by atoms with Gasteiger partial charge in [-0.25, -0.2) is 4.98 Å². The van der Waals surface area contributed by atoms with Crippen molar-refractivity contribution in [3.05, 3.63) is 47.0 Å². The van der Waals surface area contributed by atoms with E-state index < -0.39 is 0 Å². The Balaban J connectivity index is 1.39. The summed E-state index contributed by atoms with van der Waals surface area (Å²) in [5.74, 6) is -0.262. The fourth-order valence-electron chi connectivity index (χ4n) is 3.90. The van der Waals surface area contributed by atoms with Gasteiger partial charge in [-0.15, -0.1) is 0 Å². The van der Waals surface area contributed by atoms with Gasteiger partial charge in [0, 0.05) is 36.8 Å². The Hall–Kier alpha value is -2.68. The Morgan fingerprint density at radius 2 is 1.97 bits per heavy atom. The van der Waals surface area contributed by atoms with Gasteiger partial charge in [0.25, 0.3) is 5.91 Å². The van der Waals surface area contributed by atoms with E-state index in [2.05, 4.69) is 10.2 Å². The Morgan fingerprint density at radius 3 is 2.74 bits per heavy atom. The third-order valence-corrected chi connectivity index (χ3v) is 6.80. The Kier molecular flexibility index (Phi) is 5.52. The molecule has 160 valence electrons. The van der Waals surface area contributed by atoms with Crippen molar-refractivity contribution in [2.24, 2.45) is 0 Å². The minimum Gasteiger partial charge on any atom is -0.378 e. The average molecular weight is 457 g/mol. The number of nitrogens with one attached hydrogen (secondary N) is 1. The van der Waals surface area contributed by atoms with E-state index in [-0.39, 0.29) is 11.8 Å². The van der Waals surface area contributed by atoms with Crippen LogP contribution in [0.15, 0.2) is 36.4 Å². The van der Waals surface area contributed by atoms with Gasteiger partial charge < -0.3 is 19.9 Å². The highest BCUT2D eigenvalue weighted by atomic mass is 35.5. The predicted molar refractivity (Wildman–Crippen MR) is 124 cm³/mol. The molecule has 0 unspecified atom stereocenters. The number of fused-ring (bicyclic) bond motifs is 1. The number of morpholine rings is 1. The third kappa shape index (κ3) is 4.11. The fourth-order valence-corrected chi connectivity index (χ4v) is 5.12. The van der Waals surface area contributed by atoms with Crippen LogP contribution in [0.5, 0.6) is 0 Å². The van der Waals surface area contributed by atoms with Gasteiger partial charge in [0.05, 0.1) is 34.7 Å². The zero-order valence-electron chi connectivity index (χ0n) is 16.8. The molecule has 9 heteroatoms. The van der Waals surface area contributed by atoms with Gasteiger partial charge in [-0.3, -0.25) is 9.59 Å². The second kappa shape index (κ2) is 8.45. The molecule has 0 bridgehead atoms. The third-order valence-electron chi connectivity index (χ3n) is 5.49. The number of ether oxygens (including phenoxy) is 1. The van der Waals surface area contributed by atoms with Crippen molar-refractivity contribution in [3.63, 3.8) is 0 Å². The van der Waals surface area contributed by atoms with Gasteiger partial charge in [-0.2, -0.15) is 0 Å². The van der Waals surface area contributed by atoms with E-state index in [9.17, 15) is 9.59 Å². The lowest BCUT2D eigenvalue weighted by atomic mass is 10.1. The van der Waals surface area contributed by atoms with Crippen LogP contribution in [0.1, 0.15) is 23.2 Å². The number of carbonyl (C=O) groups is 2. The molecule has 7 nitrogen and oxygen atoms in total. The summed E-state index contributed by atoms with van der Waals surface area (Å²) in [6.45, 7) is 3.67. The fraction of sp³-hybridized carbons (Fsp3) is 0.318. The molecule has 2 fully saturated rings. The quantitative estimate of drug-likeness (QED) is 0.637. The molecule has 31 heavy (non-hydrogen) atoms. The van der Waals surface area contributed by atoms with E-state index >= 15 is 0 Å². The first kappa shape index (κ1) is 20.2. The van der Waals surface area contributed by atoms with Gasteiger partial charge >= 0.3 is 0 Å². The van der Waals surface area contributed by atoms with Crippen LogP contribution in [-0.4, -0.2) is 49.6 Å². The predicted octanol–water partition coefficient (Wildman–Crippen LogP) is 4.17. The molecule has 2 aliphatic rings. The molecule has 0 radical (unpaired) electrons. The summed E-state index contributed by atoms with van der Waals surface area (Å²) >= 11 is 7.76. The molecule has 2 amide bonds. The number of rotatable bonds is 4. The van der Waals surface area contributed by atoms with Crippen molar-refractivity contribution < 1.29 is 14.3 Å². The van der Waals surface area contributed by atoms with Crippen LogP contribution in [-0.2, 0) is 9.53 Å². The second-order valence-corrected chi connectivity index (χ2v) is 8.99. The molecule has 2 saturated heterocycles. The van der Waals surface area contributed by atoms with E-state index in [0.717, 1.165) is 34.9 Å². The van der Waals surface area contributed by atoms with E-state index in [1.807, 2.05) is 18.2 Å². The highest BCUT2D eigenvalue weighted by Gasteiger charge is 2.26. The number of thiazole rings is 1. The summed E-state index contributed by atoms with van der Waals surface area (Å²) in [4.78, 5) is 33.9. The number of amides is 2. The van der Waals surface area contributed by atoms with Gasteiger partial charge in [-0.05, 0) is 42.8 Å². The van der Waals surface area contributed by atoms with Crippen molar-refractivity contribution in [3.8, 4) is 0 Å². The van der Waals surface area contributed by atoms with E-state index in [1.165, 1.54) is 0 Å². The zero-order chi connectivity index (χ0) is 21.4. The smallest absolute Gasteiger partial charge is 0.257 e. The van der Waals surface area contributed by atoms with E-state index in [1.54, 1.807) is 34.4 Å². The van der Waals surface area contributed by atoms with Gasteiger partial charge in [-0.1, -0.05) is 22.9 Å². The maximum Gasteiger partial charge on any atom is 0.257 e. The maximum atomic E-state index is 13.1. The standard InChI is InChI=1S/C22H21ClN4O3S/c23-14-3-5-16(18(12-14)27-7-1-2-20(27)28)21(29)24-15-4-6-17-19(13-15)31-22(25-17)26-8-10-30-11-9-26/h3-6,12-13H,1-2,7-11H2,(H,24,29). The lowest BCUT2D eigenvalue weighted by Gasteiger charge is -2.25. The first-order valence-electron chi connectivity index (χ1n) is 10.2. The van der Waals surface area contributed by atoms with Crippen LogP contribution in [0.2, 0.25) is 5.02 Å². The molecule has 3 heterocycles. The normalized spacial score (nSPS) is 16.9. The average Bonchev–Trinajstić information content (AvgIpc) is 3.40. The number of halogens is 1. The van der Waals surface area contributed by atoms with Crippen LogP contribution >= 0.6 is 22.9 Å². The van der Waals surface area contributed by atoms with Crippen molar-refractivity contribution >= 4 is 61.5 Å². The van der Waals surface area contributed by atoms with Crippen molar-refractivity contribution in [1.82, 2.24) is 4.98 Å². The maximum absolute atomic E-state index is 13.1. The number of aromatic nitrogens is 1. The number of nitrogens with zero attached hydrogens (tertiary/aromatic N) is 3. The van der Waals surface area contributed by atoms with Crippen molar-refractivity contribution in [1.29, 1.82) is 0 Å². The largest absolute Gasteiger partial charge is 0.378 e. The highest BCUT2D eigenvalue weighted by Crippen LogP contribution is 2.32. The first-order valence-corrected chi connectivity index (χ1v) is 11.4. The number of anilines is 3. The van der Waals surface area contributed by atoms with Crippen molar-refractivity contribution in [2.45, 2.75) is 12.8 Å². The van der Waals surface area contributed by atoms with Gasteiger partial charge in [0.1, 0.15) is 0 Å². The lowest BCUT2D eigenvalue weighted by molar-refractivity contribution is -0.117. The zero-order valence-corrected chi connectivity index (χ0v) is 18.3. The summed E-state index contributed by atoms with van der Waals surface area (Å²) in [6.07, 6.45) is 1.26. The van der Waals surface area contributed by atoms with Crippen LogP contribution in [0.4, 0.5) is 16.5 Å². The van der Waals surface area contributed by atoms with Gasteiger partial charge in [0.2, 0.25) is 5.91 Å². The molecular weight excluding hydrogens is 436 g/mol. The van der Waals surface area contributed by atoms with Gasteiger partial charge in [0.15, 0.2) is 5.13 Å².